The molecule has 0 radical (unpaired) electrons. The Hall–Kier alpha value is -1.64. The zero-order chi connectivity index (χ0) is 11.4. The van der Waals surface area contributed by atoms with Crippen LogP contribution >= 0.6 is 0 Å². The molecule has 0 aliphatic heterocycles. The highest BCUT2D eigenvalue weighted by Gasteiger charge is 2.10. The van der Waals surface area contributed by atoms with Crippen LogP contribution in [0.4, 0.5) is 0 Å². The molecule has 15 heavy (non-hydrogen) atoms. The molecule has 0 saturated carbocycles. The quantitative estimate of drug-likeness (QED) is 0.433. The van der Waals surface area contributed by atoms with Crippen LogP contribution < -0.4 is 4.74 Å². The minimum Gasteiger partial charge on any atom is -0.426 e. The Kier molecular flexibility index (Phi) is 3.61. The molecule has 0 heterocycles. The zero-order valence-corrected chi connectivity index (χ0v) is 9.16. The molecule has 3 heteroatoms. The summed E-state index contributed by atoms with van der Waals surface area (Å²) in [6, 6.07) is 3.67. The molecule has 0 aliphatic carbocycles. The first kappa shape index (κ1) is 11.4. The number of aryl methyl sites for hydroxylation is 2. The van der Waals surface area contributed by atoms with Gasteiger partial charge in [-0.15, -0.1) is 0 Å². The number of carbonyl (C=O) groups excluding carboxylic acids is 2. The third-order valence-electron chi connectivity index (χ3n) is 2.14. The van der Waals surface area contributed by atoms with Crippen molar-refractivity contribution >= 4 is 12.3 Å². The van der Waals surface area contributed by atoms with Crippen molar-refractivity contribution in [1.82, 2.24) is 0 Å². The highest BCUT2D eigenvalue weighted by atomic mass is 16.5. The Bertz CT molecular complexity index is 394. The highest BCUT2D eigenvalue weighted by Crippen LogP contribution is 2.24. The highest BCUT2D eigenvalue weighted by molar-refractivity contribution is 5.83. The molecule has 0 aliphatic rings. The maximum Gasteiger partial charge on any atom is 0.308 e. The number of benzene rings is 1. The van der Waals surface area contributed by atoms with Gasteiger partial charge in [0, 0.05) is 6.92 Å². The van der Waals surface area contributed by atoms with Crippen LogP contribution in [-0.4, -0.2) is 12.3 Å². The third kappa shape index (κ3) is 2.65. The largest absolute Gasteiger partial charge is 0.426 e. The Morgan fingerprint density at radius 1 is 1.47 bits per heavy atom. The summed E-state index contributed by atoms with van der Waals surface area (Å²) in [6.45, 7) is 5.15. The summed E-state index contributed by atoms with van der Waals surface area (Å²) >= 11 is 0. The van der Waals surface area contributed by atoms with Gasteiger partial charge in [0.1, 0.15) is 5.75 Å². The van der Waals surface area contributed by atoms with Crippen molar-refractivity contribution in [2.45, 2.75) is 27.2 Å². The minimum absolute atomic E-state index is 0.370. The number of ether oxygens (including phenoxy) is 1. The van der Waals surface area contributed by atoms with Crippen molar-refractivity contribution in [3.8, 4) is 5.75 Å². The summed E-state index contributed by atoms with van der Waals surface area (Å²) in [6.07, 6.45) is 1.56. The summed E-state index contributed by atoms with van der Waals surface area (Å²) in [5.41, 5.74) is 2.30. The van der Waals surface area contributed by atoms with Gasteiger partial charge in [-0.25, -0.2) is 0 Å². The van der Waals surface area contributed by atoms with E-state index in [2.05, 4.69) is 0 Å². The first-order valence-corrected chi connectivity index (χ1v) is 4.85. The summed E-state index contributed by atoms with van der Waals surface area (Å²) in [4.78, 5) is 21.7. The number of esters is 1. The fraction of sp³-hybridized carbons (Fsp3) is 0.333. The number of hydrogen-bond acceptors (Lipinski definition) is 3. The number of aldehydes is 1. The molecular formula is C12H14O3. The first-order chi connectivity index (χ1) is 7.08. The van der Waals surface area contributed by atoms with E-state index in [0.29, 0.717) is 17.6 Å². The van der Waals surface area contributed by atoms with Gasteiger partial charge in [0.2, 0.25) is 0 Å². The van der Waals surface area contributed by atoms with Crippen LogP contribution in [0.1, 0.15) is 35.3 Å². The summed E-state index contributed by atoms with van der Waals surface area (Å²) < 4.78 is 5.00. The van der Waals surface area contributed by atoms with Crippen LogP contribution in [0, 0.1) is 6.92 Å². The lowest BCUT2D eigenvalue weighted by Gasteiger charge is -2.10. The molecule has 0 aromatic heterocycles. The number of hydrogen-bond donors (Lipinski definition) is 0. The number of carbonyl (C=O) groups is 2. The molecule has 0 spiro atoms. The molecule has 0 N–H and O–H groups in total. The topological polar surface area (TPSA) is 43.4 Å². The molecule has 0 bridgehead atoms. The van der Waals surface area contributed by atoms with Gasteiger partial charge in [-0.05, 0) is 30.5 Å². The van der Waals surface area contributed by atoms with E-state index in [-0.39, 0.29) is 0 Å². The van der Waals surface area contributed by atoms with Gasteiger partial charge in [0.15, 0.2) is 6.29 Å². The van der Waals surface area contributed by atoms with E-state index in [4.69, 9.17) is 4.74 Å². The van der Waals surface area contributed by atoms with Crippen molar-refractivity contribution < 1.29 is 14.3 Å². The van der Waals surface area contributed by atoms with E-state index >= 15 is 0 Å². The Balaban J connectivity index is 3.24. The minimum atomic E-state index is -0.412. The van der Waals surface area contributed by atoms with Crippen molar-refractivity contribution in [1.29, 1.82) is 0 Å². The van der Waals surface area contributed by atoms with Gasteiger partial charge >= 0.3 is 5.97 Å². The SMILES string of the molecule is CCc1cc(C)c(OC(C)=O)c(C=O)c1. The second kappa shape index (κ2) is 4.73. The lowest BCUT2D eigenvalue weighted by Crippen LogP contribution is -2.06. The Morgan fingerprint density at radius 2 is 2.13 bits per heavy atom. The molecule has 0 saturated heterocycles. The molecule has 0 unspecified atom stereocenters. The van der Waals surface area contributed by atoms with Crippen molar-refractivity contribution in [2.75, 3.05) is 0 Å². The van der Waals surface area contributed by atoms with Gasteiger partial charge in [0.25, 0.3) is 0 Å². The van der Waals surface area contributed by atoms with E-state index in [9.17, 15) is 9.59 Å². The molecule has 1 rings (SSSR count). The molecule has 1 aromatic carbocycles. The predicted molar refractivity (Wildman–Crippen MR) is 57.3 cm³/mol. The van der Waals surface area contributed by atoms with Gasteiger partial charge in [-0.3, -0.25) is 9.59 Å². The third-order valence-corrected chi connectivity index (χ3v) is 2.14. The van der Waals surface area contributed by atoms with Crippen LogP contribution in [0.3, 0.4) is 0 Å². The van der Waals surface area contributed by atoms with E-state index in [1.807, 2.05) is 19.9 Å². The van der Waals surface area contributed by atoms with Crippen molar-refractivity contribution in [3.63, 3.8) is 0 Å². The van der Waals surface area contributed by atoms with E-state index in [1.165, 1.54) is 6.92 Å². The van der Waals surface area contributed by atoms with Crippen LogP contribution in [0.15, 0.2) is 12.1 Å². The predicted octanol–water partition coefficient (Wildman–Crippen LogP) is 2.30. The lowest BCUT2D eigenvalue weighted by atomic mass is 10.0. The molecule has 1 aromatic rings. The number of rotatable bonds is 3. The molecule has 0 atom stereocenters. The summed E-state index contributed by atoms with van der Waals surface area (Å²) in [5.74, 6) is -0.0415. The van der Waals surface area contributed by atoms with Crippen LogP contribution in [-0.2, 0) is 11.2 Å². The van der Waals surface area contributed by atoms with Crippen LogP contribution in [0.5, 0.6) is 5.75 Å². The van der Waals surface area contributed by atoms with Crippen molar-refractivity contribution in [2.24, 2.45) is 0 Å². The summed E-state index contributed by atoms with van der Waals surface area (Å²) in [7, 11) is 0. The average Bonchev–Trinajstić information content (AvgIpc) is 2.20. The lowest BCUT2D eigenvalue weighted by molar-refractivity contribution is -0.131. The standard InChI is InChI=1S/C12H14O3/c1-4-10-5-8(2)12(15-9(3)14)11(6-10)7-13/h5-7H,4H2,1-3H3. The summed E-state index contributed by atoms with van der Waals surface area (Å²) in [5, 5.41) is 0. The monoisotopic (exact) mass is 206 g/mol. The normalized spacial score (nSPS) is 9.80. The molecule has 0 amide bonds. The second-order valence-electron chi connectivity index (χ2n) is 3.40. The average molecular weight is 206 g/mol. The molecular weight excluding hydrogens is 192 g/mol. The molecule has 3 nitrogen and oxygen atoms in total. The van der Waals surface area contributed by atoms with Crippen LogP contribution in [0.25, 0.3) is 0 Å². The fourth-order valence-corrected chi connectivity index (χ4v) is 1.45. The maximum atomic E-state index is 10.8. The molecule has 80 valence electrons. The maximum absolute atomic E-state index is 10.8. The van der Waals surface area contributed by atoms with Gasteiger partial charge in [0.05, 0.1) is 5.56 Å². The zero-order valence-electron chi connectivity index (χ0n) is 9.16. The molecule has 0 fully saturated rings. The van der Waals surface area contributed by atoms with Crippen LogP contribution in [0.2, 0.25) is 0 Å². The van der Waals surface area contributed by atoms with E-state index < -0.39 is 5.97 Å². The van der Waals surface area contributed by atoms with E-state index in [1.54, 1.807) is 6.07 Å². The first-order valence-electron chi connectivity index (χ1n) is 4.85. The fourth-order valence-electron chi connectivity index (χ4n) is 1.45. The Labute approximate surface area is 89.1 Å². The Morgan fingerprint density at radius 3 is 2.60 bits per heavy atom. The second-order valence-corrected chi connectivity index (χ2v) is 3.40. The smallest absolute Gasteiger partial charge is 0.308 e. The van der Waals surface area contributed by atoms with Gasteiger partial charge < -0.3 is 4.74 Å². The van der Waals surface area contributed by atoms with Crippen molar-refractivity contribution in [3.05, 3.63) is 28.8 Å². The van der Waals surface area contributed by atoms with Gasteiger partial charge in [-0.2, -0.15) is 0 Å². The van der Waals surface area contributed by atoms with Gasteiger partial charge in [-0.1, -0.05) is 13.0 Å². The van der Waals surface area contributed by atoms with E-state index in [0.717, 1.165) is 17.5 Å².